The number of Topliss-reactive ketones (excluding diaryl/α,β-unsaturated/α-hetero) is 1. The number of sulfone groups is 1. The number of ketones is 1. The van der Waals surface area contributed by atoms with Crippen LogP contribution in [0, 0.1) is 11.3 Å². The highest BCUT2D eigenvalue weighted by molar-refractivity contribution is 7.91. The first-order chi connectivity index (χ1) is 11.3. The van der Waals surface area contributed by atoms with Gasteiger partial charge in [0.25, 0.3) is 0 Å². The molecule has 6 heteroatoms. The molecule has 0 unspecified atom stereocenters. The summed E-state index contributed by atoms with van der Waals surface area (Å²) in [4.78, 5) is 12.0. The van der Waals surface area contributed by atoms with E-state index in [-0.39, 0.29) is 23.4 Å². The molecule has 24 heavy (non-hydrogen) atoms. The number of carbonyl (C=O) groups excluding carboxylic acids is 1. The maximum Gasteiger partial charge on any atom is 0.174 e. The number of nitriles is 1. The molecule has 1 aromatic carbocycles. The second kappa shape index (κ2) is 10.1. The van der Waals surface area contributed by atoms with Gasteiger partial charge in [-0.2, -0.15) is 5.26 Å². The lowest BCUT2D eigenvalue weighted by Crippen LogP contribution is -2.17. The number of ether oxygens (including phenoxy) is 1. The zero-order chi connectivity index (χ0) is 18.0. The van der Waals surface area contributed by atoms with Crippen molar-refractivity contribution in [1.29, 1.82) is 5.26 Å². The van der Waals surface area contributed by atoms with Crippen molar-refractivity contribution in [3.8, 4) is 11.8 Å². The Morgan fingerprint density at radius 2 is 2.00 bits per heavy atom. The van der Waals surface area contributed by atoms with Crippen LogP contribution in [-0.4, -0.2) is 31.8 Å². The van der Waals surface area contributed by atoms with E-state index in [0.29, 0.717) is 31.4 Å². The summed E-state index contributed by atoms with van der Waals surface area (Å²) in [6.07, 6.45) is 2.82. The van der Waals surface area contributed by atoms with Crippen LogP contribution < -0.4 is 4.74 Å². The molecule has 0 saturated heterocycles. The van der Waals surface area contributed by atoms with Crippen LogP contribution in [0.1, 0.15) is 45.1 Å². The highest BCUT2D eigenvalue weighted by Gasteiger charge is 2.15. The molecule has 0 saturated carbocycles. The molecular weight excluding hydrogens is 326 g/mol. The number of benzene rings is 1. The van der Waals surface area contributed by atoms with Crippen molar-refractivity contribution < 1.29 is 17.9 Å². The standard InChI is InChI=1S/C18H25NO4S/c1-15(2)24(21,22)12-5-3-4-8-17(20)13-16-7-6-9-18(14-16)23-11-10-19/h6-7,9,14-15H,3-5,8,11-13H2,1-2H3. The Hall–Kier alpha value is -1.87. The Morgan fingerprint density at radius 1 is 1.25 bits per heavy atom. The van der Waals surface area contributed by atoms with Crippen LogP contribution in [0.25, 0.3) is 0 Å². The van der Waals surface area contributed by atoms with Gasteiger partial charge in [-0.1, -0.05) is 18.6 Å². The predicted octanol–water partition coefficient (Wildman–Crippen LogP) is 3.08. The van der Waals surface area contributed by atoms with Crippen molar-refractivity contribution in [2.45, 2.75) is 51.2 Å². The average molecular weight is 351 g/mol. The van der Waals surface area contributed by atoms with Crippen LogP contribution in [0.15, 0.2) is 24.3 Å². The van der Waals surface area contributed by atoms with Crippen molar-refractivity contribution in [1.82, 2.24) is 0 Å². The average Bonchev–Trinajstić information content (AvgIpc) is 2.52. The van der Waals surface area contributed by atoms with Gasteiger partial charge in [0.1, 0.15) is 17.6 Å². The van der Waals surface area contributed by atoms with Gasteiger partial charge in [-0.15, -0.1) is 0 Å². The minimum Gasteiger partial charge on any atom is -0.479 e. The molecule has 0 bridgehead atoms. The van der Waals surface area contributed by atoms with Gasteiger partial charge in [-0.05, 0) is 44.4 Å². The van der Waals surface area contributed by atoms with E-state index < -0.39 is 9.84 Å². The van der Waals surface area contributed by atoms with Crippen molar-refractivity contribution in [2.75, 3.05) is 12.4 Å². The van der Waals surface area contributed by atoms with Gasteiger partial charge in [0.15, 0.2) is 16.4 Å². The lowest BCUT2D eigenvalue weighted by atomic mass is 10.0. The Bertz CT molecular complexity index is 675. The van der Waals surface area contributed by atoms with Gasteiger partial charge < -0.3 is 4.74 Å². The molecule has 0 amide bonds. The van der Waals surface area contributed by atoms with Crippen LogP contribution in [-0.2, 0) is 21.1 Å². The number of hydrogen-bond donors (Lipinski definition) is 0. The number of carbonyl (C=O) groups is 1. The minimum atomic E-state index is -2.98. The molecule has 0 aliphatic carbocycles. The van der Waals surface area contributed by atoms with Crippen LogP contribution in [0.3, 0.4) is 0 Å². The third-order valence-electron chi connectivity index (χ3n) is 3.71. The SMILES string of the molecule is CC(C)S(=O)(=O)CCCCCC(=O)Cc1cccc(OCC#N)c1. The first kappa shape index (κ1) is 20.2. The quantitative estimate of drug-likeness (QED) is 0.572. The van der Waals surface area contributed by atoms with Gasteiger partial charge in [0, 0.05) is 12.8 Å². The summed E-state index contributed by atoms with van der Waals surface area (Å²) in [6, 6.07) is 9.07. The van der Waals surface area contributed by atoms with Crippen molar-refractivity contribution in [3.63, 3.8) is 0 Å². The summed E-state index contributed by atoms with van der Waals surface area (Å²) in [5.41, 5.74) is 0.859. The van der Waals surface area contributed by atoms with Crippen molar-refractivity contribution in [2.24, 2.45) is 0 Å². The van der Waals surface area contributed by atoms with Gasteiger partial charge in [0.05, 0.1) is 11.0 Å². The van der Waals surface area contributed by atoms with E-state index in [2.05, 4.69) is 0 Å². The zero-order valence-electron chi connectivity index (χ0n) is 14.3. The molecule has 0 radical (unpaired) electrons. The summed E-state index contributed by atoms with van der Waals surface area (Å²) in [7, 11) is -2.98. The first-order valence-corrected chi connectivity index (χ1v) is 9.88. The Labute approximate surface area is 144 Å². The molecule has 0 heterocycles. The lowest BCUT2D eigenvalue weighted by Gasteiger charge is -2.07. The van der Waals surface area contributed by atoms with Gasteiger partial charge in [-0.25, -0.2) is 8.42 Å². The van der Waals surface area contributed by atoms with E-state index in [4.69, 9.17) is 10.00 Å². The van der Waals surface area contributed by atoms with Gasteiger partial charge in [-0.3, -0.25) is 4.79 Å². The summed E-state index contributed by atoms with van der Waals surface area (Å²) in [5, 5.41) is 8.16. The molecule has 0 aliphatic heterocycles. The fourth-order valence-electron chi connectivity index (χ4n) is 2.21. The number of rotatable bonds is 11. The van der Waals surface area contributed by atoms with Gasteiger partial charge >= 0.3 is 0 Å². The molecule has 0 spiro atoms. The fourth-order valence-corrected chi connectivity index (χ4v) is 3.29. The highest BCUT2D eigenvalue weighted by Crippen LogP contribution is 2.15. The van der Waals surface area contributed by atoms with Crippen LogP contribution in [0.4, 0.5) is 0 Å². The fraction of sp³-hybridized carbons (Fsp3) is 0.556. The maximum atomic E-state index is 12.0. The Morgan fingerprint density at radius 3 is 2.67 bits per heavy atom. The summed E-state index contributed by atoms with van der Waals surface area (Å²) in [6.45, 7) is 3.36. The van der Waals surface area contributed by atoms with E-state index in [9.17, 15) is 13.2 Å². The van der Waals surface area contributed by atoms with Crippen LogP contribution >= 0.6 is 0 Å². The molecule has 0 N–H and O–H groups in total. The second-order valence-corrected chi connectivity index (χ2v) is 8.71. The summed E-state index contributed by atoms with van der Waals surface area (Å²) < 4.78 is 28.6. The van der Waals surface area contributed by atoms with E-state index in [1.54, 1.807) is 32.0 Å². The second-order valence-electron chi connectivity index (χ2n) is 6.04. The van der Waals surface area contributed by atoms with Crippen LogP contribution in [0.2, 0.25) is 0 Å². The van der Waals surface area contributed by atoms with Gasteiger partial charge in [0.2, 0.25) is 0 Å². The van der Waals surface area contributed by atoms with Crippen LogP contribution in [0.5, 0.6) is 5.75 Å². The van der Waals surface area contributed by atoms with E-state index >= 15 is 0 Å². The molecule has 1 aromatic rings. The third-order valence-corrected chi connectivity index (χ3v) is 6.00. The lowest BCUT2D eigenvalue weighted by molar-refractivity contribution is -0.118. The smallest absolute Gasteiger partial charge is 0.174 e. The van der Waals surface area contributed by atoms with E-state index in [1.807, 2.05) is 12.1 Å². The normalized spacial score (nSPS) is 11.2. The van der Waals surface area contributed by atoms with E-state index in [1.165, 1.54) is 0 Å². The number of unbranched alkanes of at least 4 members (excludes halogenated alkanes) is 2. The first-order valence-electron chi connectivity index (χ1n) is 8.17. The number of hydrogen-bond acceptors (Lipinski definition) is 5. The predicted molar refractivity (Wildman–Crippen MR) is 93.7 cm³/mol. The maximum absolute atomic E-state index is 12.0. The minimum absolute atomic E-state index is 0.0172. The molecule has 1 rings (SSSR count). The molecule has 0 fully saturated rings. The molecule has 0 aliphatic rings. The number of nitrogens with zero attached hydrogens (tertiary/aromatic N) is 1. The molecular formula is C18H25NO4S. The monoisotopic (exact) mass is 351 g/mol. The van der Waals surface area contributed by atoms with Crippen molar-refractivity contribution >= 4 is 15.6 Å². The largest absolute Gasteiger partial charge is 0.479 e. The van der Waals surface area contributed by atoms with E-state index in [0.717, 1.165) is 12.0 Å². The summed E-state index contributed by atoms with van der Waals surface area (Å²) in [5.74, 6) is 0.900. The Kier molecular flexibility index (Phi) is 8.48. The Balaban J connectivity index is 2.31. The molecule has 5 nitrogen and oxygen atoms in total. The topological polar surface area (TPSA) is 84.2 Å². The zero-order valence-corrected chi connectivity index (χ0v) is 15.1. The third kappa shape index (κ3) is 7.60. The molecule has 0 atom stereocenters. The summed E-state index contributed by atoms with van der Waals surface area (Å²) >= 11 is 0. The highest BCUT2D eigenvalue weighted by atomic mass is 32.2. The van der Waals surface area contributed by atoms with Crippen molar-refractivity contribution in [3.05, 3.63) is 29.8 Å². The molecule has 132 valence electrons. The molecule has 0 aromatic heterocycles.